The molecule has 8 rings (SSSR count). The lowest BCUT2D eigenvalue weighted by molar-refractivity contribution is 1.62. The summed E-state index contributed by atoms with van der Waals surface area (Å²) in [6.07, 6.45) is 0. The summed E-state index contributed by atoms with van der Waals surface area (Å²) in [6, 6.07) is 57.6. The van der Waals surface area contributed by atoms with Crippen LogP contribution in [0, 0.1) is 0 Å². The van der Waals surface area contributed by atoms with E-state index < -0.39 is 0 Å². The monoisotopic (exact) mass is 506 g/mol. The fraction of sp³-hybridized carbons (Fsp3) is 0. The molecular formula is C40H26. The highest BCUT2D eigenvalue weighted by Crippen LogP contribution is 2.35. The molecule has 0 N–H and O–H groups in total. The smallest absolute Gasteiger partial charge is 0.0105 e. The SMILES string of the molecule is c1ccc2cc(-c3ccc(-c4ccc5c(ccc6cc(-c7cccc8ccccc78)ccc65)c4)cc3)ccc2c1. The lowest BCUT2D eigenvalue weighted by Gasteiger charge is -2.11. The Bertz CT molecular complexity index is 2190. The number of fused-ring (bicyclic) bond motifs is 5. The third kappa shape index (κ3) is 3.85. The van der Waals surface area contributed by atoms with Gasteiger partial charge in [0.05, 0.1) is 0 Å². The molecule has 0 unspecified atom stereocenters. The fourth-order valence-electron chi connectivity index (χ4n) is 6.12. The van der Waals surface area contributed by atoms with Gasteiger partial charge < -0.3 is 0 Å². The summed E-state index contributed by atoms with van der Waals surface area (Å²) in [5.41, 5.74) is 7.50. The Morgan fingerprint density at radius 3 is 1.43 bits per heavy atom. The first-order valence-electron chi connectivity index (χ1n) is 13.8. The minimum Gasteiger partial charge on any atom is -0.0616 e. The van der Waals surface area contributed by atoms with Crippen molar-refractivity contribution in [3.8, 4) is 33.4 Å². The lowest BCUT2D eigenvalue weighted by atomic mass is 9.93. The van der Waals surface area contributed by atoms with Gasteiger partial charge in [0.2, 0.25) is 0 Å². The van der Waals surface area contributed by atoms with Crippen molar-refractivity contribution in [3.05, 3.63) is 158 Å². The molecule has 0 saturated heterocycles. The van der Waals surface area contributed by atoms with Crippen LogP contribution in [0.5, 0.6) is 0 Å². The third-order valence-electron chi connectivity index (χ3n) is 8.24. The van der Waals surface area contributed by atoms with E-state index in [2.05, 4.69) is 158 Å². The summed E-state index contributed by atoms with van der Waals surface area (Å²) in [5.74, 6) is 0. The quantitative estimate of drug-likeness (QED) is 0.209. The molecule has 0 amide bonds. The predicted molar refractivity (Wildman–Crippen MR) is 173 cm³/mol. The van der Waals surface area contributed by atoms with Crippen molar-refractivity contribution in [1.29, 1.82) is 0 Å². The Kier molecular flexibility index (Phi) is 5.24. The van der Waals surface area contributed by atoms with E-state index in [1.165, 1.54) is 76.5 Å². The van der Waals surface area contributed by atoms with Gasteiger partial charge in [0.15, 0.2) is 0 Å². The van der Waals surface area contributed by atoms with Crippen LogP contribution in [-0.4, -0.2) is 0 Å². The number of benzene rings is 8. The van der Waals surface area contributed by atoms with Gasteiger partial charge in [0.1, 0.15) is 0 Å². The first-order chi connectivity index (χ1) is 19.8. The van der Waals surface area contributed by atoms with Gasteiger partial charge in [-0.3, -0.25) is 0 Å². The van der Waals surface area contributed by atoms with Gasteiger partial charge in [-0.1, -0.05) is 140 Å². The van der Waals surface area contributed by atoms with Crippen LogP contribution in [0.4, 0.5) is 0 Å². The Hall–Kier alpha value is -5.20. The van der Waals surface area contributed by atoms with Crippen molar-refractivity contribution in [2.45, 2.75) is 0 Å². The fourth-order valence-corrected chi connectivity index (χ4v) is 6.12. The van der Waals surface area contributed by atoms with Crippen LogP contribution in [-0.2, 0) is 0 Å². The van der Waals surface area contributed by atoms with E-state index in [-0.39, 0.29) is 0 Å². The molecule has 0 radical (unpaired) electrons. The van der Waals surface area contributed by atoms with E-state index in [9.17, 15) is 0 Å². The topological polar surface area (TPSA) is 0 Å². The van der Waals surface area contributed by atoms with Crippen LogP contribution in [0.3, 0.4) is 0 Å². The maximum absolute atomic E-state index is 2.33. The van der Waals surface area contributed by atoms with Crippen LogP contribution in [0.2, 0.25) is 0 Å². The van der Waals surface area contributed by atoms with Crippen molar-refractivity contribution in [3.63, 3.8) is 0 Å². The molecule has 0 aliphatic carbocycles. The Labute approximate surface area is 233 Å². The van der Waals surface area contributed by atoms with E-state index in [0.29, 0.717) is 0 Å². The molecule has 8 aromatic carbocycles. The Morgan fingerprint density at radius 2 is 0.700 bits per heavy atom. The molecule has 0 aliphatic heterocycles. The molecule has 0 aliphatic rings. The van der Waals surface area contributed by atoms with Crippen molar-refractivity contribution in [2.24, 2.45) is 0 Å². The molecule has 40 heavy (non-hydrogen) atoms. The van der Waals surface area contributed by atoms with Crippen molar-refractivity contribution in [1.82, 2.24) is 0 Å². The van der Waals surface area contributed by atoms with Crippen molar-refractivity contribution in [2.75, 3.05) is 0 Å². The first kappa shape index (κ1) is 22.8. The second-order valence-electron chi connectivity index (χ2n) is 10.6. The zero-order valence-corrected chi connectivity index (χ0v) is 22.0. The van der Waals surface area contributed by atoms with Gasteiger partial charge in [-0.25, -0.2) is 0 Å². The average molecular weight is 507 g/mol. The van der Waals surface area contributed by atoms with Crippen LogP contribution >= 0.6 is 0 Å². The molecule has 0 heterocycles. The van der Waals surface area contributed by atoms with Crippen molar-refractivity contribution < 1.29 is 0 Å². The Balaban J connectivity index is 1.14. The maximum atomic E-state index is 2.33. The molecule has 0 spiro atoms. The minimum atomic E-state index is 1.23. The molecule has 186 valence electrons. The molecular weight excluding hydrogens is 480 g/mol. The molecule has 8 aromatic rings. The summed E-state index contributed by atoms with van der Waals surface area (Å²) < 4.78 is 0. The third-order valence-corrected chi connectivity index (χ3v) is 8.24. The number of hydrogen-bond acceptors (Lipinski definition) is 0. The highest BCUT2D eigenvalue weighted by molar-refractivity contribution is 6.10. The van der Waals surface area contributed by atoms with Gasteiger partial charge in [0, 0.05) is 0 Å². The maximum Gasteiger partial charge on any atom is -0.0105 e. The molecule has 0 fully saturated rings. The van der Waals surface area contributed by atoms with Gasteiger partial charge in [-0.2, -0.15) is 0 Å². The molecule has 0 nitrogen and oxygen atoms in total. The van der Waals surface area contributed by atoms with Gasteiger partial charge in [-0.15, -0.1) is 0 Å². The van der Waals surface area contributed by atoms with Gasteiger partial charge in [0.25, 0.3) is 0 Å². The van der Waals surface area contributed by atoms with Crippen LogP contribution in [0.25, 0.3) is 76.5 Å². The summed E-state index contributed by atoms with van der Waals surface area (Å²) in [4.78, 5) is 0. The van der Waals surface area contributed by atoms with E-state index in [1.807, 2.05) is 0 Å². The average Bonchev–Trinajstić information content (AvgIpc) is 3.03. The molecule has 0 atom stereocenters. The summed E-state index contributed by atoms with van der Waals surface area (Å²) >= 11 is 0. The second kappa shape index (κ2) is 9.22. The molecule has 0 saturated carbocycles. The zero-order valence-electron chi connectivity index (χ0n) is 22.0. The van der Waals surface area contributed by atoms with Crippen LogP contribution in [0.15, 0.2) is 158 Å². The predicted octanol–water partition coefficient (Wildman–Crippen LogP) is 11.3. The number of rotatable bonds is 3. The number of hydrogen-bond donors (Lipinski definition) is 0. The minimum absolute atomic E-state index is 1.23. The normalized spacial score (nSPS) is 11.5. The molecule has 0 heteroatoms. The Morgan fingerprint density at radius 1 is 0.225 bits per heavy atom. The molecule has 0 aromatic heterocycles. The largest absolute Gasteiger partial charge is 0.0616 e. The van der Waals surface area contributed by atoms with E-state index in [4.69, 9.17) is 0 Å². The van der Waals surface area contributed by atoms with E-state index in [0.717, 1.165) is 0 Å². The van der Waals surface area contributed by atoms with Gasteiger partial charge in [-0.05, 0) is 94.7 Å². The zero-order chi connectivity index (χ0) is 26.5. The second-order valence-corrected chi connectivity index (χ2v) is 10.6. The summed E-state index contributed by atoms with van der Waals surface area (Å²) in [5, 5.41) is 10.2. The lowest BCUT2D eigenvalue weighted by Crippen LogP contribution is -1.85. The van der Waals surface area contributed by atoms with Crippen molar-refractivity contribution >= 4 is 43.1 Å². The summed E-state index contributed by atoms with van der Waals surface area (Å²) in [6.45, 7) is 0. The molecule has 0 bridgehead atoms. The standard InChI is InChI=1S/C40H26/c1-2-8-31-24-32(17-16-27(31)6-1)28-12-14-29(15-13-28)33-20-22-39-34(25-33)18-19-35-26-36(21-23-40(35)39)38-11-5-9-30-7-3-4-10-37(30)38/h1-26H. The van der Waals surface area contributed by atoms with Gasteiger partial charge >= 0.3 is 0 Å². The summed E-state index contributed by atoms with van der Waals surface area (Å²) in [7, 11) is 0. The van der Waals surface area contributed by atoms with E-state index >= 15 is 0 Å². The highest BCUT2D eigenvalue weighted by Gasteiger charge is 2.08. The first-order valence-corrected chi connectivity index (χ1v) is 13.8. The van der Waals surface area contributed by atoms with Crippen LogP contribution < -0.4 is 0 Å². The van der Waals surface area contributed by atoms with Crippen LogP contribution in [0.1, 0.15) is 0 Å². The highest BCUT2D eigenvalue weighted by atomic mass is 14.1. The van der Waals surface area contributed by atoms with E-state index in [1.54, 1.807) is 0 Å².